The molecule has 1 aliphatic carbocycles. The topological polar surface area (TPSA) is 7.76 Å². The van der Waals surface area contributed by atoms with Crippen molar-refractivity contribution in [2.45, 2.75) is 73.8 Å². The minimum atomic E-state index is 0.422. The molecule has 1 fully saturated rings. The summed E-state index contributed by atoms with van der Waals surface area (Å²) >= 11 is 0. The summed E-state index contributed by atoms with van der Waals surface area (Å²) in [6.45, 7) is 15.8. The third-order valence-electron chi connectivity index (χ3n) is 7.23. The maximum absolute atomic E-state index is 2.45. The minimum absolute atomic E-state index is 0.422. The fourth-order valence-corrected chi connectivity index (χ4v) is 5.24. The first kappa shape index (κ1) is 22.0. The maximum atomic E-state index is 2.45. The number of aryl methyl sites for hydroxylation is 2. The Bertz CT molecular complexity index is 775. The van der Waals surface area contributed by atoms with Gasteiger partial charge in [-0.05, 0) is 59.0 Å². The first-order chi connectivity index (χ1) is 13.5. The molecule has 0 radical (unpaired) electrons. The van der Waals surface area contributed by atoms with Crippen LogP contribution in [0.5, 0.6) is 0 Å². The van der Waals surface area contributed by atoms with E-state index >= 15 is 0 Å². The molecule has 2 nitrogen and oxygen atoms in total. The molecule has 1 saturated carbocycles. The van der Waals surface area contributed by atoms with Gasteiger partial charge in [0.25, 0.3) is 0 Å². The number of rotatable bonds is 5. The highest BCUT2D eigenvalue weighted by Crippen LogP contribution is 2.52. The summed E-state index contributed by atoms with van der Waals surface area (Å²) in [5.74, 6) is 2.61. The van der Waals surface area contributed by atoms with Gasteiger partial charge in [0, 0.05) is 30.7 Å². The predicted molar refractivity (Wildman–Crippen MR) is 121 cm³/mol. The van der Waals surface area contributed by atoms with E-state index < -0.39 is 0 Å². The van der Waals surface area contributed by atoms with E-state index in [9.17, 15) is 0 Å². The zero-order valence-corrected chi connectivity index (χ0v) is 19.8. The average molecular weight is 395 g/mol. The Labute approximate surface area is 179 Å². The van der Waals surface area contributed by atoms with Crippen molar-refractivity contribution in [3.63, 3.8) is 0 Å². The molecule has 2 aromatic rings. The summed E-state index contributed by atoms with van der Waals surface area (Å²) in [4.78, 5) is 0. The number of hydrogen-bond donors (Lipinski definition) is 0. The lowest BCUT2D eigenvalue weighted by molar-refractivity contribution is -0.697. The predicted octanol–water partition coefficient (Wildman–Crippen LogP) is 5.98. The Morgan fingerprint density at radius 2 is 1.34 bits per heavy atom. The second-order valence-corrected chi connectivity index (χ2v) is 11.5. The van der Waals surface area contributed by atoms with E-state index in [1.54, 1.807) is 0 Å². The van der Waals surface area contributed by atoms with Crippen molar-refractivity contribution in [1.82, 2.24) is 0 Å². The second-order valence-electron chi connectivity index (χ2n) is 11.5. The molecule has 2 heterocycles. The van der Waals surface area contributed by atoms with Gasteiger partial charge in [0.15, 0.2) is 24.8 Å². The Kier molecular flexibility index (Phi) is 6.51. The highest BCUT2D eigenvalue weighted by molar-refractivity contribution is 5.60. The second kappa shape index (κ2) is 8.58. The normalized spacial score (nSPS) is 22.8. The van der Waals surface area contributed by atoms with Crippen LogP contribution in [0.15, 0.2) is 49.1 Å². The molecule has 0 N–H and O–H groups in total. The molecule has 0 saturated heterocycles. The highest BCUT2D eigenvalue weighted by Gasteiger charge is 2.43. The van der Waals surface area contributed by atoms with Crippen LogP contribution in [0.1, 0.15) is 67.2 Å². The molecule has 0 aromatic carbocycles. The van der Waals surface area contributed by atoms with Gasteiger partial charge in [-0.2, -0.15) is 0 Å². The van der Waals surface area contributed by atoms with Gasteiger partial charge in [0.05, 0.1) is 0 Å². The lowest BCUT2D eigenvalue weighted by Crippen LogP contribution is -2.33. The molecule has 0 bridgehead atoms. The first-order valence-electron chi connectivity index (χ1n) is 11.5. The Hall–Kier alpha value is -1.70. The first-order valence-corrected chi connectivity index (χ1v) is 11.5. The number of hydrogen-bond acceptors (Lipinski definition) is 0. The van der Waals surface area contributed by atoms with Gasteiger partial charge in [-0.3, -0.25) is 0 Å². The van der Waals surface area contributed by atoms with E-state index in [4.69, 9.17) is 0 Å². The van der Waals surface area contributed by atoms with Crippen molar-refractivity contribution >= 4 is 0 Å². The SMILES string of the molecule is C[n+]1ccc(-c2cc[n+](CCC[C@H]3CC(C(C)(C)C)CC3C(C)(C)C)cc2)cc1. The molecule has 2 aromatic heterocycles. The standard InChI is InChI=1S/C27H42N2/c1-26(2,3)24-19-23(25(20-24)27(4,5)6)9-8-14-29-17-12-22(13-18-29)21-10-15-28(7)16-11-21/h10-13,15-18,23-25H,8-9,14,19-20H2,1-7H3/q+2/t23-,24?,25?/m0/s1. The molecular formula is C27H42N2+2. The molecule has 3 rings (SSSR count). The number of aromatic nitrogens is 2. The Balaban J connectivity index is 1.57. The molecule has 158 valence electrons. The quantitative estimate of drug-likeness (QED) is 0.551. The monoisotopic (exact) mass is 394 g/mol. The molecule has 0 amide bonds. The Morgan fingerprint density at radius 1 is 0.793 bits per heavy atom. The van der Waals surface area contributed by atoms with Crippen LogP contribution in [0, 0.1) is 28.6 Å². The molecular weight excluding hydrogens is 352 g/mol. The average Bonchev–Trinajstić information content (AvgIpc) is 3.08. The lowest BCUT2D eigenvalue weighted by Gasteiger charge is -2.33. The highest BCUT2D eigenvalue weighted by atomic mass is 14.9. The summed E-state index contributed by atoms with van der Waals surface area (Å²) in [5, 5.41) is 0. The van der Waals surface area contributed by atoms with E-state index in [1.165, 1.54) is 36.8 Å². The summed E-state index contributed by atoms with van der Waals surface area (Å²) < 4.78 is 4.43. The molecule has 2 unspecified atom stereocenters. The van der Waals surface area contributed by atoms with Crippen LogP contribution >= 0.6 is 0 Å². The van der Waals surface area contributed by atoms with Crippen LogP contribution in [0.2, 0.25) is 0 Å². The summed E-state index contributed by atoms with van der Waals surface area (Å²) in [7, 11) is 2.06. The summed E-state index contributed by atoms with van der Waals surface area (Å²) in [6.07, 6.45) is 14.2. The van der Waals surface area contributed by atoms with Gasteiger partial charge in [-0.15, -0.1) is 0 Å². The van der Waals surface area contributed by atoms with Gasteiger partial charge >= 0.3 is 0 Å². The maximum Gasteiger partial charge on any atom is 0.169 e. The van der Waals surface area contributed by atoms with Gasteiger partial charge in [-0.25, -0.2) is 9.13 Å². The van der Waals surface area contributed by atoms with E-state index in [1.807, 2.05) is 0 Å². The lowest BCUT2D eigenvalue weighted by atomic mass is 9.73. The van der Waals surface area contributed by atoms with Crippen LogP contribution in [0.25, 0.3) is 11.1 Å². The fourth-order valence-electron chi connectivity index (χ4n) is 5.24. The molecule has 29 heavy (non-hydrogen) atoms. The minimum Gasteiger partial charge on any atom is -0.208 e. The van der Waals surface area contributed by atoms with Crippen LogP contribution in [0.4, 0.5) is 0 Å². The third kappa shape index (κ3) is 5.68. The van der Waals surface area contributed by atoms with Crippen molar-refractivity contribution in [1.29, 1.82) is 0 Å². The van der Waals surface area contributed by atoms with Crippen LogP contribution < -0.4 is 9.13 Å². The van der Waals surface area contributed by atoms with Crippen LogP contribution in [-0.4, -0.2) is 0 Å². The van der Waals surface area contributed by atoms with E-state index in [0.29, 0.717) is 10.8 Å². The zero-order valence-electron chi connectivity index (χ0n) is 19.8. The molecule has 0 aliphatic heterocycles. The van der Waals surface area contributed by atoms with Gasteiger partial charge in [0.2, 0.25) is 0 Å². The smallest absolute Gasteiger partial charge is 0.169 e. The molecule has 0 spiro atoms. The molecule has 1 aliphatic rings. The molecule has 3 atom stereocenters. The largest absolute Gasteiger partial charge is 0.208 e. The van der Waals surface area contributed by atoms with E-state index in [-0.39, 0.29) is 0 Å². The number of pyridine rings is 2. The third-order valence-corrected chi connectivity index (χ3v) is 7.23. The van der Waals surface area contributed by atoms with E-state index in [2.05, 4.69) is 107 Å². The van der Waals surface area contributed by atoms with Crippen molar-refractivity contribution in [2.75, 3.05) is 0 Å². The van der Waals surface area contributed by atoms with Crippen molar-refractivity contribution in [3.05, 3.63) is 49.1 Å². The van der Waals surface area contributed by atoms with Gasteiger partial charge in [-0.1, -0.05) is 41.5 Å². The van der Waals surface area contributed by atoms with Gasteiger partial charge in [0.1, 0.15) is 13.6 Å². The van der Waals surface area contributed by atoms with Gasteiger partial charge < -0.3 is 0 Å². The van der Waals surface area contributed by atoms with E-state index in [0.717, 1.165) is 24.3 Å². The van der Waals surface area contributed by atoms with Crippen LogP contribution in [-0.2, 0) is 13.6 Å². The van der Waals surface area contributed by atoms with Crippen LogP contribution in [0.3, 0.4) is 0 Å². The number of nitrogens with zero attached hydrogens (tertiary/aromatic N) is 2. The zero-order chi connectivity index (χ0) is 21.2. The summed E-state index contributed by atoms with van der Waals surface area (Å²) in [5.41, 5.74) is 3.43. The fraction of sp³-hybridized carbons (Fsp3) is 0.630. The Morgan fingerprint density at radius 3 is 1.86 bits per heavy atom. The van der Waals surface area contributed by atoms with Crippen molar-refractivity contribution in [2.24, 2.45) is 35.6 Å². The molecule has 2 heteroatoms. The van der Waals surface area contributed by atoms with Crippen molar-refractivity contribution < 1.29 is 9.13 Å². The summed E-state index contributed by atoms with van der Waals surface area (Å²) in [6, 6.07) is 8.85. The van der Waals surface area contributed by atoms with Crippen molar-refractivity contribution in [3.8, 4) is 11.1 Å².